The highest BCUT2D eigenvalue weighted by molar-refractivity contribution is 7.80. The van der Waals surface area contributed by atoms with Crippen molar-refractivity contribution in [1.82, 2.24) is 19.6 Å². The molecule has 0 saturated heterocycles. The Morgan fingerprint density at radius 2 is 1.75 bits per heavy atom. The molecule has 0 aliphatic rings. The van der Waals surface area contributed by atoms with E-state index >= 15 is 0 Å². The van der Waals surface area contributed by atoms with E-state index in [1.54, 1.807) is 45.9 Å². The summed E-state index contributed by atoms with van der Waals surface area (Å²) in [5.74, 6) is 0.408. The zero-order valence-corrected chi connectivity index (χ0v) is 18.6. The summed E-state index contributed by atoms with van der Waals surface area (Å²) >= 11 is 11.5. The first-order valence-corrected chi connectivity index (χ1v) is 10.5. The lowest BCUT2D eigenvalue weighted by Gasteiger charge is -2.08. The molecule has 32 heavy (non-hydrogen) atoms. The van der Waals surface area contributed by atoms with E-state index in [9.17, 15) is 8.78 Å². The first-order chi connectivity index (χ1) is 15.4. The zero-order chi connectivity index (χ0) is 22.7. The molecule has 2 N–H and O–H groups in total. The van der Waals surface area contributed by atoms with E-state index in [1.165, 1.54) is 18.2 Å². The second kappa shape index (κ2) is 9.46. The van der Waals surface area contributed by atoms with Gasteiger partial charge in [0.15, 0.2) is 16.7 Å². The Morgan fingerprint density at radius 1 is 0.969 bits per heavy atom. The smallest absolute Gasteiger partial charge is 0.177 e. The van der Waals surface area contributed by atoms with Gasteiger partial charge in [0.1, 0.15) is 11.6 Å². The van der Waals surface area contributed by atoms with Crippen LogP contribution in [0.25, 0.3) is 0 Å². The monoisotopic (exact) mass is 472 g/mol. The SMILES string of the molecule is Cc1cc(NC(=S)Nc2ccn(Cc3ccccc3F)n2)nn1Cc1ccc(F)cc1Cl. The Bertz CT molecular complexity index is 1270. The van der Waals surface area contributed by atoms with Crippen LogP contribution in [-0.4, -0.2) is 24.7 Å². The van der Waals surface area contributed by atoms with Crippen molar-refractivity contribution in [3.8, 4) is 0 Å². The number of rotatable bonds is 6. The van der Waals surface area contributed by atoms with Crippen molar-refractivity contribution in [2.24, 2.45) is 0 Å². The summed E-state index contributed by atoms with van der Waals surface area (Å²) in [6, 6.07) is 14.4. The molecule has 0 amide bonds. The topological polar surface area (TPSA) is 59.7 Å². The van der Waals surface area contributed by atoms with Crippen LogP contribution in [0, 0.1) is 18.6 Å². The van der Waals surface area contributed by atoms with Crippen LogP contribution in [0.4, 0.5) is 20.4 Å². The molecule has 2 aromatic carbocycles. The minimum absolute atomic E-state index is 0.275. The van der Waals surface area contributed by atoms with Crippen LogP contribution < -0.4 is 10.6 Å². The number of halogens is 3. The van der Waals surface area contributed by atoms with Crippen molar-refractivity contribution in [2.45, 2.75) is 20.0 Å². The van der Waals surface area contributed by atoms with Crippen molar-refractivity contribution < 1.29 is 8.78 Å². The summed E-state index contributed by atoms with van der Waals surface area (Å²) in [5.41, 5.74) is 2.18. The number of benzene rings is 2. The Labute approximate surface area is 193 Å². The molecule has 164 valence electrons. The number of aromatic nitrogens is 4. The predicted molar refractivity (Wildman–Crippen MR) is 125 cm³/mol. The van der Waals surface area contributed by atoms with Crippen molar-refractivity contribution in [1.29, 1.82) is 0 Å². The molecular formula is C22H19ClF2N6S. The fourth-order valence-electron chi connectivity index (χ4n) is 3.12. The third kappa shape index (κ3) is 5.30. The summed E-state index contributed by atoms with van der Waals surface area (Å²) in [6.07, 6.45) is 1.74. The molecule has 0 unspecified atom stereocenters. The van der Waals surface area contributed by atoms with Gasteiger partial charge in [-0.15, -0.1) is 0 Å². The molecule has 0 saturated carbocycles. The normalized spacial score (nSPS) is 10.9. The standard InChI is InChI=1S/C22H19ClF2N6S/c1-14-10-21(29-31(14)13-15-6-7-17(24)11-18(15)23)27-22(32)26-20-8-9-30(28-20)12-16-4-2-3-5-19(16)25/h2-11H,12-13H2,1H3,(H2,26,27,28,29,32). The fourth-order valence-corrected chi connectivity index (χ4v) is 3.56. The Hall–Kier alpha value is -3.30. The third-order valence-corrected chi connectivity index (χ3v) is 5.29. The van der Waals surface area contributed by atoms with Gasteiger partial charge in [0.05, 0.1) is 13.1 Å². The van der Waals surface area contributed by atoms with Crippen LogP contribution in [0.5, 0.6) is 0 Å². The minimum Gasteiger partial charge on any atom is -0.316 e. The Kier molecular flexibility index (Phi) is 6.48. The van der Waals surface area contributed by atoms with Gasteiger partial charge >= 0.3 is 0 Å². The molecule has 4 rings (SSSR count). The zero-order valence-electron chi connectivity index (χ0n) is 17.0. The second-order valence-electron chi connectivity index (χ2n) is 7.13. The van der Waals surface area contributed by atoms with E-state index in [0.717, 1.165) is 11.3 Å². The van der Waals surface area contributed by atoms with Crippen molar-refractivity contribution >= 4 is 40.6 Å². The molecular weight excluding hydrogens is 454 g/mol. The summed E-state index contributed by atoms with van der Waals surface area (Å²) < 4.78 is 30.4. The highest BCUT2D eigenvalue weighted by Gasteiger charge is 2.10. The van der Waals surface area contributed by atoms with Gasteiger partial charge in [-0.3, -0.25) is 9.36 Å². The van der Waals surface area contributed by atoms with Gasteiger partial charge < -0.3 is 10.6 Å². The van der Waals surface area contributed by atoms with E-state index in [-0.39, 0.29) is 11.6 Å². The van der Waals surface area contributed by atoms with E-state index in [1.807, 2.05) is 13.0 Å². The van der Waals surface area contributed by atoms with Crippen molar-refractivity contribution in [2.75, 3.05) is 10.6 Å². The van der Waals surface area contributed by atoms with Crippen LogP contribution in [0.15, 0.2) is 60.8 Å². The molecule has 2 heterocycles. The van der Waals surface area contributed by atoms with Gasteiger partial charge in [-0.2, -0.15) is 10.2 Å². The maximum Gasteiger partial charge on any atom is 0.177 e. The number of nitrogens with one attached hydrogen (secondary N) is 2. The Balaban J connectivity index is 1.37. The van der Waals surface area contributed by atoms with E-state index in [4.69, 9.17) is 23.8 Å². The number of hydrogen-bond acceptors (Lipinski definition) is 3. The average Bonchev–Trinajstić information content (AvgIpc) is 3.31. The summed E-state index contributed by atoms with van der Waals surface area (Å²) in [4.78, 5) is 0. The van der Waals surface area contributed by atoms with Gasteiger partial charge in [0, 0.05) is 34.6 Å². The minimum atomic E-state index is -0.383. The second-order valence-corrected chi connectivity index (χ2v) is 7.95. The van der Waals surface area contributed by atoms with Crippen LogP contribution in [-0.2, 0) is 13.1 Å². The number of thiocarbonyl (C=S) groups is 1. The summed E-state index contributed by atoms with van der Waals surface area (Å²) in [7, 11) is 0. The Morgan fingerprint density at radius 3 is 2.53 bits per heavy atom. The third-order valence-electron chi connectivity index (χ3n) is 4.73. The van der Waals surface area contributed by atoms with E-state index in [2.05, 4.69) is 20.8 Å². The van der Waals surface area contributed by atoms with E-state index in [0.29, 0.717) is 40.4 Å². The molecule has 0 atom stereocenters. The first kappa shape index (κ1) is 21.9. The molecule has 4 aromatic rings. The molecule has 2 aromatic heterocycles. The molecule has 0 aliphatic carbocycles. The van der Waals surface area contributed by atoms with Crippen LogP contribution in [0.2, 0.25) is 5.02 Å². The van der Waals surface area contributed by atoms with Gasteiger partial charge in [-0.1, -0.05) is 35.9 Å². The number of hydrogen-bond donors (Lipinski definition) is 2. The summed E-state index contributed by atoms with van der Waals surface area (Å²) in [6.45, 7) is 2.60. The number of anilines is 2. The lowest BCUT2D eigenvalue weighted by molar-refractivity contribution is 0.586. The molecule has 0 spiro atoms. The first-order valence-electron chi connectivity index (χ1n) is 9.70. The maximum atomic E-state index is 13.8. The highest BCUT2D eigenvalue weighted by Crippen LogP contribution is 2.20. The molecule has 0 radical (unpaired) electrons. The highest BCUT2D eigenvalue weighted by atomic mass is 35.5. The van der Waals surface area contributed by atoms with Crippen LogP contribution in [0.1, 0.15) is 16.8 Å². The van der Waals surface area contributed by atoms with E-state index < -0.39 is 0 Å². The lowest BCUT2D eigenvalue weighted by atomic mass is 10.2. The molecule has 6 nitrogen and oxygen atoms in total. The number of nitrogens with zero attached hydrogens (tertiary/aromatic N) is 4. The van der Waals surface area contributed by atoms with Gasteiger partial charge in [-0.05, 0) is 42.9 Å². The van der Waals surface area contributed by atoms with Crippen LogP contribution in [0.3, 0.4) is 0 Å². The van der Waals surface area contributed by atoms with Gasteiger partial charge in [0.2, 0.25) is 0 Å². The van der Waals surface area contributed by atoms with Crippen molar-refractivity contribution in [3.05, 3.63) is 94.3 Å². The molecule has 10 heteroatoms. The average molecular weight is 473 g/mol. The van der Waals surface area contributed by atoms with Crippen LogP contribution >= 0.6 is 23.8 Å². The molecule has 0 fully saturated rings. The largest absolute Gasteiger partial charge is 0.316 e. The van der Waals surface area contributed by atoms with Gasteiger partial charge in [0.25, 0.3) is 0 Å². The predicted octanol–water partition coefficient (Wildman–Crippen LogP) is 5.23. The van der Waals surface area contributed by atoms with Crippen molar-refractivity contribution in [3.63, 3.8) is 0 Å². The van der Waals surface area contributed by atoms with Gasteiger partial charge in [-0.25, -0.2) is 8.78 Å². The molecule has 0 bridgehead atoms. The quantitative estimate of drug-likeness (QED) is 0.376. The fraction of sp³-hybridized carbons (Fsp3) is 0.136. The molecule has 0 aliphatic heterocycles. The number of aryl methyl sites for hydroxylation is 1. The maximum absolute atomic E-state index is 13.8. The lowest BCUT2D eigenvalue weighted by Crippen LogP contribution is -2.20. The summed E-state index contributed by atoms with van der Waals surface area (Å²) in [5, 5.41) is 15.5.